The van der Waals surface area contributed by atoms with Gasteiger partial charge >= 0.3 is 11.9 Å². The zero-order valence-electron chi connectivity index (χ0n) is 9.86. The minimum Gasteiger partial charge on any atom is -0.480 e. The topological polar surface area (TPSA) is 83.8 Å². The number of esters is 1. The average molecular weight is 232 g/mol. The van der Waals surface area contributed by atoms with Crippen molar-refractivity contribution in [3.8, 4) is 0 Å². The molecule has 0 amide bonds. The first-order chi connectivity index (χ1) is 7.49. The standard InChI is InChI=1S/C11H20O5/c1-11(9(13)14,10(15)16-2)7-5-3-4-6-8-12/h12H,3-8H2,1-2H3,(H,13,14). The molecule has 5 heteroatoms. The summed E-state index contributed by atoms with van der Waals surface area (Å²) < 4.78 is 4.50. The molecule has 0 spiro atoms. The Morgan fingerprint density at radius 1 is 1.19 bits per heavy atom. The molecular weight excluding hydrogens is 212 g/mol. The summed E-state index contributed by atoms with van der Waals surface area (Å²) in [6.45, 7) is 1.53. The monoisotopic (exact) mass is 232 g/mol. The number of aliphatic hydroxyl groups is 1. The third-order valence-electron chi connectivity index (χ3n) is 2.69. The first-order valence-corrected chi connectivity index (χ1v) is 5.41. The van der Waals surface area contributed by atoms with E-state index in [9.17, 15) is 9.59 Å². The van der Waals surface area contributed by atoms with Crippen molar-refractivity contribution in [2.75, 3.05) is 13.7 Å². The highest BCUT2D eigenvalue weighted by molar-refractivity contribution is 5.98. The lowest BCUT2D eigenvalue weighted by Gasteiger charge is -2.21. The predicted octanol–water partition coefficient (Wildman–Crippen LogP) is 1.19. The van der Waals surface area contributed by atoms with Crippen molar-refractivity contribution in [3.63, 3.8) is 0 Å². The van der Waals surface area contributed by atoms with E-state index >= 15 is 0 Å². The van der Waals surface area contributed by atoms with Gasteiger partial charge < -0.3 is 14.9 Å². The van der Waals surface area contributed by atoms with Crippen LogP contribution in [0, 0.1) is 5.41 Å². The molecule has 0 aliphatic carbocycles. The molecule has 1 unspecified atom stereocenters. The van der Waals surface area contributed by atoms with Gasteiger partial charge in [-0.25, -0.2) is 0 Å². The molecule has 5 nitrogen and oxygen atoms in total. The summed E-state index contributed by atoms with van der Waals surface area (Å²) in [5.74, 6) is -1.86. The highest BCUT2D eigenvalue weighted by Crippen LogP contribution is 2.26. The summed E-state index contributed by atoms with van der Waals surface area (Å²) in [6, 6.07) is 0. The number of carbonyl (C=O) groups is 2. The Labute approximate surface area is 95.4 Å². The maximum Gasteiger partial charge on any atom is 0.322 e. The van der Waals surface area contributed by atoms with Crippen LogP contribution in [-0.4, -0.2) is 35.9 Å². The third-order valence-corrected chi connectivity index (χ3v) is 2.69. The van der Waals surface area contributed by atoms with Crippen LogP contribution in [0.25, 0.3) is 0 Å². The molecule has 16 heavy (non-hydrogen) atoms. The Kier molecular flexibility index (Phi) is 6.72. The quantitative estimate of drug-likeness (QED) is 0.373. The number of carbonyl (C=O) groups excluding carboxylic acids is 1. The number of ether oxygens (including phenoxy) is 1. The summed E-state index contributed by atoms with van der Waals surface area (Å²) in [5.41, 5.74) is -1.45. The lowest BCUT2D eigenvalue weighted by Crippen LogP contribution is -2.37. The number of carboxylic acid groups (broad SMARTS) is 1. The molecular formula is C11H20O5. The van der Waals surface area contributed by atoms with Crippen LogP contribution in [0.4, 0.5) is 0 Å². The number of rotatable bonds is 8. The van der Waals surface area contributed by atoms with Gasteiger partial charge in [0.25, 0.3) is 0 Å². The Morgan fingerprint density at radius 3 is 2.19 bits per heavy atom. The average Bonchev–Trinajstić information content (AvgIpc) is 2.27. The minimum absolute atomic E-state index is 0.146. The summed E-state index contributed by atoms with van der Waals surface area (Å²) in [6.07, 6.45) is 3.26. The maximum absolute atomic E-state index is 11.4. The molecule has 0 saturated carbocycles. The molecule has 0 bridgehead atoms. The molecule has 0 radical (unpaired) electrons. The van der Waals surface area contributed by atoms with Crippen molar-refractivity contribution in [1.82, 2.24) is 0 Å². The van der Waals surface area contributed by atoms with Crippen LogP contribution < -0.4 is 0 Å². The van der Waals surface area contributed by atoms with Crippen LogP contribution in [0.2, 0.25) is 0 Å². The van der Waals surface area contributed by atoms with Gasteiger partial charge in [0.1, 0.15) is 0 Å². The van der Waals surface area contributed by atoms with Crippen molar-refractivity contribution >= 4 is 11.9 Å². The van der Waals surface area contributed by atoms with E-state index < -0.39 is 17.4 Å². The number of aliphatic carboxylic acids is 1. The van der Waals surface area contributed by atoms with Crippen molar-refractivity contribution in [3.05, 3.63) is 0 Å². The van der Waals surface area contributed by atoms with Crippen LogP contribution in [0.5, 0.6) is 0 Å². The van der Waals surface area contributed by atoms with Gasteiger partial charge in [-0.05, 0) is 19.8 Å². The lowest BCUT2D eigenvalue weighted by molar-refractivity contribution is -0.166. The van der Waals surface area contributed by atoms with E-state index in [2.05, 4.69) is 4.74 Å². The van der Waals surface area contributed by atoms with E-state index in [0.29, 0.717) is 12.8 Å². The minimum atomic E-state index is -1.45. The second kappa shape index (κ2) is 7.22. The molecule has 0 aromatic carbocycles. The normalized spacial score (nSPS) is 14.2. The van der Waals surface area contributed by atoms with Gasteiger partial charge in [-0.1, -0.05) is 19.3 Å². The molecule has 0 heterocycles. The summed E-state index contributed by atoms with van der Waals surface area (Å²) in [7, 11) is 1.19. The van der Waals surface area contributed by atoms with E-state index in [1.165, 1.54) is 14.0 Å². The lowest BCUT2D eigenvalue weighted by atomic mass is 9.84. The molecule has 0 aromatic rings. The second-order valence-corrected chi connectivity index (χ2v) is 4.02. The fraction of sp³-hybridized carbons (Fsp3) is 0.818. The molecule has 0 aliphatic rings. The van der Waals surface area contributed by atoms with Crippen LogP contribution >= 0.6 is 0 Å². The predicted molar refractivity (Wildman–Crippen MR) is 57.9 cm³/mol. The van der Waals surface area contributed by atoms with Crippen molar-refractivity contribution in [2.24, 2.45) is 5.41 Å². The Hall–Kier alpha value is -1.10. The molecule has 0 saturated heterocycles. The fourth-order valence-corrected chi connectivity index (χ4v) is 1.47. The van der Waals surface area contributed by atoms with Crippen molar-refractivity contribution in [1.29, 1.82) is 0 Å². The molecule has 0 rings (SSSR count). The summed E-state index contributed by atoms with van der Waals surface area (Å²) in [5, 5.41) is 17.6. The third kappa shape index (κ3) is 4.18. The van der Waals surface area contributed by atoms with Crippen LogP contribution in [0.3, 0.4) is 0 Å². The fourth-order valence-electron chi connectivity index (χ4n) is 1.47. The van der Waals surface area contributed by atoms with E-state index in [0.717, 1.165) is 12.8 Å². The number of hydrogen-bond acceptors (Lipinski definition) is 4. The number of hydrogen-bond donors (Lipinski definition) is 2. The van der Waals surface area contributed by atoms with Crippen LogP contribution in [-0.2, 0) is 14.3 Å². The first kappa shape index (κ1) is 14.9. The van der Waals surface area contributed by atoms with Gasteiger partial charge in [-0.15, -0.1) is 0 Å². The van der Waals surface area contributed by atoms with Gasteiger partial charge in [-0.2, -0.15) is 0 Å². The van der Waals surface area contributed by atoms with E-state index in [-0.39, 0.29) is 13.0 Å². The SMILES string of the molecule is COC(=O)C(C)(CCCCCCO)C(=O)O. The molecule has 94 valence electrons. The van der Waals surface area contributed by atoms with Crippen LogP contribution in [0.1, 0.15) is 39.0 Å². The van der Waals surface area contributed by atoms with Gasteiger partial charge in [0, 0.05) is 6.61 Å². The van der Waals surface area contributed by atoms with Gasteiger partial charge in [0.2, 0.25) is 0 Å². The van der Waals surface area contributed by atoms with Crippen molar-refractivity contribution in [2.45, 2.75) is 39.0 Å². The number of aliphatic hydroxyl groups excluding tert-OH is 1. The van der Waals surface area contributed by atoms with Gasteiger partial charge in [-0.3, -0.25) is 9.59 Å². The molecule has 2 N–H and O–H groups in total. The second-order valence-electron chi connectivity index (χ2n) is 4.02. The van der Waals surface area contributed by atoms with E-state index in [4.69, 9.17) is 10.2 Å². The number of unbranched alkanes of at least 4 members (excludes halogenated alkanes) is 3. The molecule has 0 fully saturated rings. The van der Waals surface area contributed by atoms with Gasteiger partial charge in [0.05, 0.1) is 7.11 Å². The summed E-state index contributed by atoms with van der Waals surface area (Å²) in [4.78, 5) is 22.4. The molecule has 0 aliphatic heterocycles. The summed E-state index contributed by atoms with van der Waals surface area (Å²) >= 11 is 0. The van der Waals surface area contributed by atoms with E-state index in [1.807, 2.05) is 0 Å². The maximum atomic E-state index is 11.4. The Balaban J connectivity index is 4.14. The smallest absolute Gasteiger partial charge is 0.322 e. The van der Waals surface area contributed by atoms with Crippen molar-refractivity contribution < 1.29 is 24.5 Å². The first-order valence-electron chi connectivity index (χ1n) is 5.41. The Bertz CT molecular complexity index is 239. The van der Waals surface area contributed by atoms with Crippen LogP contribution in [0.15, 0.2) is 0 Å². The number of methoxy groups -OCH3 is 1. The van der Waals surface area contributed by atoms with E-state index in [1.54, 1.807) is 0 Å². The molecule has 0 aromatic heterocycles. The number of carboxylic acids is 1. The highest BCUT2D eigenvalue weighted by atomic mass is 16.5. The zero-order chi connectivity index (χ0) is 12.6. The zero-order valence-corrected chi connectivity index (χ0v) is 9.86. The molecule has 1 atom stereocenters. The highest BCUT2D eigenvalue weighted by Gasteiger charge is 2.41. The van der Waals surface area contributed by atoms with Gasteiger partial charge in [0.15, 0.2) is 5.41 Å². The largest absolute Gasteiger partial charge is 0.480 e. The Morgan fingerprint density at radius 2 is 1.75 bits per heavy atom.